The first-order valence-electron chi connectivity index (χ1n) is 8.16. The van der Waals surface area contributed by atoms with Gasteiger partial charge in [-0.3, -0.25) is 0 Å². The number of para-hydroxylation sites is 2. The Morgan fingerprint density at radius 3 is 2.84 bits per heavy atom. The molecule has 126 valence electrons. The lowest BCUT2D eigenvalue weighted by atomic mass is 10.00. The molecule has 1 aromatic heterocycles. The molecule has 0 aliphatic carbocycles. The topological polar surface area (TPSA) is 70.4 Å². The summed E-state index contributed by atoms with van der Waals surface area (Å²) in [5.41, 5.74) is 3.69. The smallest absolute Gasteiger partial charge is 0.322 e. The summed E-state index contributed by atoms with van der Waals surface area (Å²) in [6.07, 6.45) is 4.32. The Balaban J connectivity index is 1.54. The zero-order valence-corrected chi connectivity index (χ0v) is 13.6. The second-order valence-corrected chi connectivity index (χ2v) is 6.02. The van der Waals surface area contributed by atoms with E-state index in [0.29, 0.717) is 18.8 Å². The molecule has 0 bridgehead atoms. The molecule has 0 spiro atoms. The summed E-state index contributed by atoms with van der Waals surface area (Å²) in [7, 11) is 0. The number of nitrogens with zero attached hydrogens (tertiary/aromatic N) is 3. The van der Waals surface area contributed by atoms with Gasteiger partial charge in [0.05, 0.1) is 11.4 Å². The summed E-state index contributed by atoms with van der Waals surface area (Å²) >= 11 is 0. The Morgan fingerprint density at radius 2 is 2.00 bits per heavy atom. The normalized spacial score (nSPS) is 13.4. The zero-order valence-electron chi connectivity index (χ0n) is 13.6. The molecule has 2 aromatic carbocycles. The fourth-order valence-corrected chi connectivity index (χ4v) is 3.10. The Kier molecular flexibility index (Phi) is 3.85. The molecule has 3 aromatic rings. The maximum absolute atomic E-state index is 12.7. The van der Waals surface area contributed by atoms with E-state index >= 15 is 0 Å². The lowest BCUT2D eigenvalue weighted by Gasteiger charge is -2.29. The molecule has 0 saturated carbocycles. The fraction of sp³-hybridized carbons (Fsp3) is 0.158. The van der Waals surface area contributed by atoms with E-state index in [1.807, 2.05) is 42.6 Å². The standard InChI is InChI=1S/C19H18N4O2/c24-16-7-6-14-8-11-22(13-15(14)12-16)19(25)21-17-4-1-2-5-18(17)23-10-3-9-20-23/h1-7,9-10,12,24H,8,11,13H2,(H,21,25). The highest BCUT2D eigenvalue weighted by molar-refractivity contribution is 5.91. The monoisotopic (exact) mass is 334 g/mol. The van der Waals surface area contributed by atoms with Crippen molar-refractivity contribution in [3.63, 3.8) is 0 Å². The van der Waals surface area contributed by atoms with E-state index in [-0.39, 0.29) is 11.8 Å². The van der Waals surface area contributed by atoms with Crippen LogP contribution in [0, 0.1) is 0 Å². The van der Waals surface area contributed by atoms with Crippen LogP contribution >= 0.6 is 0 Å². The van der Waals surface area contributed by atoms with Crippen LogP contribution < -0.4 is 5.32 Å². The van der Waals surface area contributed by atoms with Gasteiger partial charge in [-0.2, -0.15) is 5.10 Å². The van der Waals surface area contributed by atoms with E-state index < -0.39 is 0 Å². The first-order chi connectivity index (χ1) is 12.2. The molecule has 2 heterocycles. The highest BCUT2D eigenvalue weighted by Gasteiger charge is 2.21. The number of hydrogen-bond donors (Lipinski definition) is 2. The van der Waals surface area contributed by atoms with Crippen molar-refractivity contribution in [1.29, 1.82) is 0 Å². The van der Waals surface area contributed by atoms with Crippen LogP contribution in [0.3, 0.4) is 0 Å². The first kappa shape index (κ1) is 15.3. The van der Waals surface area contributed by atoms with E-state index in [9.17, 15) is 9.90 Å². The fourth-order valence-electron chi connectivity index (χ4n) is 3.10. The van der Waals surface area contributed by atoms with Gasteiger partial charge in [0.2, 0.25) is 0 Å². The summed E-state index contributed by atoms with van der Waals surface area (Å²) < 4.78 is 1.72. The number of hydrogen-bond acceptors (Lipinski definition) is 3. The number of urea groups is 1. The van der Waals surface area contributed by atoms with Crippen LogP contribution in [0.25, 0.3) is 5.69 Å². The molecule has 6 nitrogen and oxygen atoms in total. The van der Waals surface area contributed by atoms with Crippen molar-refractivity contribution in [2.45, 2.75) is 13.0 Å². The van der Waals surface area contributed by atoms with Crippen molar-refractivity contribution < 1.29 is 9.90 Å². The summed E-state index contributed by atoms with van der Waals surface area (Å²) in [6, 6.07) is 14.6. The lowest BCUT2D eigenvalue weighted by molar-refractivity contribution is 0.206. The Labute approximate surface area is 145 Å². The molecule has 25 heavy (non-hydrogen) atoms. The Hall–Kier alpha value is -3.28. The van der Waals surface area contributed by atoms with Gasteiger partial charge in [0.15, 0.2) is 0 Å². The van der Waals surface area contributed by atoms with Crippen molar-refractivity contribution in [3.8, 4) is 11.4 Å². The van der Waals surface area contributed by atoms with Gasteiger partial charge in [-0.1, -0.05) is 18.2 Å². The van der Waals surface area contributed by atoms with Crippen LogP contribution in [0.4, 0.5) is 10.5 Å². The SMILES string of the molecule is O=C(Nc1ccccc1-n1cccn1)N1CCc2ccc(O)cc2C1. The van der Waals surface area contributed by atoms with Crippen LogP contribution in [-0.4, -0.2) is 32.4 Å². The lowest BCUT2D eigenvalue weighted by Crippen LogP contribution is -2.39. The first-order valence-corrected chi connectivity index (χ1v) is 8.16. The van der Waals surface area contributed by atoms with Crippen LogP contribution in [0.1, 0.15) is 11.1 Å². The molecular weight excluding hydrogens is 316 g/mol. The van der Waals surface area contributed by atoms with Crippen LogP contribution in [0.5, 0.6) is 5.75 Å². The van der Waals surface area contributed by atoms with Gasteiger partial charge in [-0.15, -0.1) is 0 Å². The average Bonchev–Trinajstić information content (AvgIpc) is 3.16. The summed E-state index contributed by atoms with van der Waals surface area (Å²) in [6.45, 7) is 1.13. The molecule has 0 atom stereocenters. The quantitative estimate of drug-likeness (QED) is 0.756. The minimum atomic E-state index is -0.159. The van der Waals surface area contributed by atoms with E-state index in [4.69, 9.17) is 0 Å². The third kappa shape index (κ3) is 3.06. The molecule has 1 aliphatic rings. The molecule has 4 rings (SSSR count). The number of phenols is 1. The van der Waals surface area contributed by atoms with Gasteiger partial charge < -0.3 is 15.3 Å². The Morgan fingerprint density at radius 1 is 1.12 bits per heavy atom. The van der Waals surface area contributed by atoms with Gasteiger partial charge in [0, 0.05) is 25.5 Å². The largest absolute Gasteiger partial charge is 0.508 e. The van der Waals surface area contributed by atoms with Gasteiger partial charge in [0.25, 0.3) is 0 Å². The van der Waals surface area contributed by atoms with E-state index in [2.05, 4.69) is 10.4 Å². The molecule has 2 amide bonds. The Bertz CT molecular complexity index is 906. The third-order valence-electron chi connectivity index (χ3n) is 4.39. The maximum atomic E-state index is 12.7. The number of rotatable bonds is 2. The number of fused-ring (bicyclic) bond motifs is 1. The van der Waals surface area contributed by atoms with Crippen LogP contribution in [0.15, 0.2) is 60.9 Å². The number of aromatic hydroxyl groups is 1. The van der Waals surface area contributed by atoms with Gasteiger partial charge in [-0.05, 0) is 47.9 Å². The van der Waals surface area contributed by atoms with Gasteiger partial charge in [0.1, 0.15) is 5.75 Å². The molecule has 0 unspecified atom stereocenters. The van der Waals surface area contributed by atoms with E-state index in [1.54, 1.807) is 27.9 Å². The van der Waals surface area contributed by atoms with E-state index in [1.165, 1.54) is 5.56 Å². The van der Waals surface area contributed by atoms with Crippen molar-refractivity contribution >= 4 is 11.7 Å². The van der Waals surface area contributed by atoms with Crippen molar-refractivity contribution in [2.75, 3.05) is 11.9 Å². The number of aromatic nitrogens is 2. The highest BCUT2D eigenvalue weighted by Crippen LogP contribution is 2.25. The number of benzene rings is 2. The molecule has 0 fully saturated rings. The van der Waals surface area contributed by atoms with Crippen LogP contribution in [-0.2, 0) is 13.0 Å². The summed E-state index contributed by atoms with van der Waals surface area (Å²) in [5, 5.41) is 16.9. The molecule has 0 saturated heterocycles. The number of nitrogens with one attached hydrogen (secondary N) is 1. The third-order valence-corrected chi connectivity index (χ3v) is 4.39. The predicted octanol–water partition coefficient (Wildman–Crippen LogP) is 3.17. The van der Waals surface area contributed by atoms with Gasteiger partial charge >= 0.3 is 6.03 Å². The number of carbonyl (C=O) groups is 1. The zero-order chi connectivity index (χ0) is 17.2. The average molecular weight is 334 g/mol. The highest BCUT2D eigenvalue weighted by atomic mass is 16.3. The molecule has 1 aliphatic heterocycles. The van der Waals surface area contributed by atoms with Crippen LogP contribution in [0.2, 0.25) is 0 Å². The minimum Gasteiger partial charge on any atom is -0.508 e. The number of phenolic OH excluding ortho intramolecular Hbond substituents is 1. The molecular formula is C19H18N4O2. The molecule has 6 heteroatoms. The summed E-state index contributed by atoms with van der Waals surface area (Å²) in [4.78, 5) is 14.5. The molecule has 2 N–H and O–H groups in total. The number of carbonyl (C=O) groups excluding carboxylic acids is 1. The van der Waals surface area contributed by atoms with Gasteiger partial charge in [-0.25, -0.2) is 9.48 Å². The van der Waals surface area contributed by atoms with Crippen molar-refractivity contribution in [1.82, 2.24) is 14.7 Å². The van der Waals surface area contributed by atoms with Crippen molar-refractivity contribution in [3.05, 3.63) is 72.1 Å². The predicted molar refractivity (Wildman–Crippen MR) is 94.8 cm³/mol. The van der Waals surface area contributed by atoms with E-state index in [0.717, 1.165) is 17.7 Å². The summed E-state index contributed by atoms with van der Waals surface area (Å²) in [5.74, 6) is 0.227. The maximum Gasteiger partial charge on any atom is 0.322 e. The van der Waals surface area contributed by atoms with Crippen molar-refractivity contribution in [2.24, 2.45) is 0 Å². The minimum absolute atomic E-state index is 0.159. The number of amides is 2. The number of anilines is 1. The second kappa shape index (κ2) is 6.32. The molecule has 0 radical (unpaired) electrons. The second-order valence-electron chi connectivity index (χ2n) is 6.02.